The predicted molar refractivity (Wildman–Crippen MR) is 68.6 cm³/mol. The highest BCUT2D eigenvalue weighted by atomic mass is 79.9. The van der Waals surface area contributed by atoms with Gasteiger partial charge in [0.1, 0.15) is 0 Å². The van der Waals surface area contributed by atoms with E-state index in [2.05, 4.69) is 41.2 Å². The largest absolute Gasteiger partial charge is 0.309 e. The summed E-state index contributed by atoms with van der Waals surface area (Å²) >= 11 is 11.0. The standard InChI is InChI=1S/C10H15BrClNS/c1-7(5-11)8(2)13-6-9-3-4-10(12)14-9/h3-4,7-8,13H,5-6H2,1-2H3. The molecule has 0 bridgehead atoms. The lowest BCUT2D eigenvalue weighted by atomic mass is 10.1. The molecule has 0 aromatic carbocycles. The highest BCUT2D eigenvalue weighted by molar-refractivity contribution is 9.09. The molecule has 0 aliphatic heterocycles. The SMILES string of the molecule is CC(CBr)C(C)NCc1ccc(Cl)s1. The number of thiophene rings is 1. The fourth-order valence-electron chi connectivity index (χ4n) is 1.04. The first-order valence-corrected chi connectivity index (χ1v) is 6.98. The molecule has 2 atom stereocenters. The molecule has 1 nitrogen and oxygen atoms in total. The Morgan fingerprint density at radius 1 is 1.50 bits per heavy atom. The van der Waals surface area contributed by atoms with Crippen molar-refractivity contribution in [1.82, 2.24) is 5.32 Å². The van der Waals surface area contributed by atoms with Gasteiger partial charge in [0.2, 0.25) is 0 Å². The van der Waals surface area contributed by atoms with E-state index in [9.17, 15) is 0 Å². The first-order valence-electron chi connectivity index (χ1n) is 4.67. The summed E-state index contributed by atoms with van der Waals surface area (Å²) in [6, 6.07) is 4.54. The predicted octanol–water partition coefficient (Wildman–Crippen LogP) is 3.91. The fourth-order valence-corrected chi connectivity index (χ4v) is 2.64. The maximum Gasteiger partial charge on any atom is 0.0931 e. The Balaban J connectivity index is 2.33. The average molecular weight is 297 g/mol. The van der Waals surface area contributed by atoms with Gasteiger partial charge in [0.15, 0.2) is 0 Å². The van der Waals surface area contributed by atoms with Gasteiger partial charge in [0.05, 0.1) is 4.34 Å². The van der Waals surface area contributed by atoms with Crippen molar-refractivity contribution in [2.75, 3.05) is 5.33 Å². The Kier molecular flexibility index (Phi) is 5.45. The lowest BCUT2D eigenvalue weighted by Gasteiger charge is -2.18. The van der Waals surface area contributed by atoms with Crippen LogP contribution >= 0.6 is 38.9 Å². The van der Waals surface area contributed by atoms with Crippen molar-refractivity contribution in [2.24, 2.45) is 5.92 Å². The molecule has 1 aromatic heterocycles. The van der Waals surface area contributed by atoms with Crippen LogP contribution in [-0.2, 0) is 6.54 Å². The zero-order valence-corrected chi connectivity index (χ0v) is 11.5. The molecule has 80 valence electrons. The molecule has 0 radical (unpaired) electrons. The Morgan fingerprint density at radius 2 is 2.21 bits per heavy atom. The van der Waals surface area contributed by atoms with E-state index in [-0.39, 0.29) is 0 Å². The molecule has 1 heterocycles. The van der Waals surface area contributed by atoms with Crippen LogP contribution in [0.3, 0.4) is 0 Å². The van der Waals surface area contributed by atoms with Crippen molar-refractivity contribution < 1.29 is 0 Å². The molecule has 14 heavy (non-hydrogen) atoms. The number of hydrogen-bond acceptors (Lipinski definition) is 2. The van der Waals surface area contributed by atoms with E-state index < -0.39 is 0 Å². The normalized spacial score (nSPS) is 15.4. The minimum absolute atomic E-state index is 0.523. The first-order chi connectivity index (χ1) is 6.63. The second kappa shape index (κ2) is 6.11. The number of nitrogens with one attached hydrogen (secondary N) is 1. The molecule has 1 aromatic rings. The van der Waals surface area contributed by atoms with Gasteiger partial charge in [-0.1, -0.05) is 34.5 Å². The zero-order valence-electron chi connectivity index (χ0n) is 8.39. The summed E-state index contributed by atoms with van der Waals surface area (Å²) in [5.41, 5.74) is 0. The van der Waals surface area contributed by atoms with Gasteiger partial charge in [-0.15, -0.1) is 11.3 Å². The minimum atomic E-state index is 0.523. The van der Waals surface area contributed by atoms with Crippen LogP contribution in [0, 0.1) is 5.92 Å². The monoisotopic (exact) mass is 295 g/mol. The quantitative estimate of drug-likeness (QED) is 0.812. The van der Waals surface area contributed by atoms with Crippen molar-refractivity contribution >= 4 is 38.9 Å². The summed E-state index contributed by atoms with van der Waals surface area (Å²) in [5.74, 6) is 0.644. The highest BCUT2D eigenvalue weighted by Gasteiger charge is 2.10. The van der Waals surface area contributed by atoms with Crippen molar-refractivity contribution in [1.29, 1.82) is 0 Å². The summed E-state index contributed by atoms with van der Waals surface area (Å²) in [6.45, 7) is 5.35. The molecule has 4 heteroatoms. The van der Waals surface area contributed by atoms with Gasteiger partial charge in [0.25, 0.3) is 0 Å². The summed E-state index contributed by atoms with van der Waals surface area (Å²) in [4.78, 5) is 1.30. The molecule has 0 aliphatic carbocycles. The zero-order chi connectivity index (χ0) is 10.6. The Bertz CT molecular complexity index is 277. The lowest BCUT2D eigenvalue weighted by molar-refractivity contribution is 0.435. The van der Waals surface area contributed by atoms with E-state index in [0.717, 1.165) is 16.2 Å². The molecule has 0 saturated heterocycles. The Labute approximate surface area is 103 Å². The minimum Gasteiger partial charge on any atom is -0.309 e. The molecular weight excluding hydrogens is 282 g/mol. The van der Waals surface area contributed by atoms with Gasteiger partial charge in [-0.25, -0.2) is 0 Å². The van der Waals surface area contributed by atoms with Crippen molar-refractivity contribution in [3.8, 4) is 0 Å². The number of alkyl halides is 1. The third-order valence-corrected chi connectivity index (χ3v) is 4.58. The summed E-state index contributed by atoms with van der Waals surface area (Å²) in [5, 5.41) is 4.52. The van der Waals surface area contributed by atoms with Gasteiger partial charge in [-0.05, 0) is 25.0 Å². The lowest BCUT2D eigenvalue weighted by Crippen LogP contribution is -2.32. The van der Waals surface area contributed by atoms with E-state index in [0.29, 0.717) is 12.0 Å². The maximum absolute atomic E-state index is 5.85. The van der Waals surface area contributed by atoms with Crippen LogP contribution in [0.1, 0.15) is 18.7 Å². The summed E-state index contributed by atoms with van der Waals surface area (Å²) in [6.07, 6.45) is 0. The summed E-state index contributed by atoms with van der Waals surface area (Å²) in [7, 11) is 0. The molecule has 0 fully saturated rings. The van der Waals surface area contributed by atoms with Crippen LogP contribution < -0.4 is 5.32 Å². The van der Waals surface area contributed by atoms with Crippen LogP contribution in [0.2, 0.25) is 4.34 Å². The van der Waals surface area contributed by atoms with Crippen molar-refractivity contribution in [3.63, 3.8) is 0 Å². The van der Waals surface area contributed by atoms with E-state index >= 15 is 0 Å². The molecule has 0 amide bonds. The third kappa shape index (κ3) is 3.89. The molecular formula is C10H15BrClNS. The number of halogens is 2. The van der Waals surface area contributed by atoms with E-state index in [4.69, 9.17) is 11.6 Å². The highest BCUT2D eigenvalue weighted by Crippen LogP contribution is 2.21. The molecule has 0 saturated carbocycles. The maximum atomic E-state index is 5.85. The fraction of sp³-hybridized carbons (Fsp3) is 0.600. The number of rotatable bonds is 5. The van der Waals surface area contributed by atoms with Gasteiger partial charge in [-0.3, -0.25) is 0 Å². The van der Waals surface area contributed by atoms with E-state index in [1.165, 1.54) is 4.88 Å². The van der Waals surface area contributed by atoms with Crippen molar-refractivity contribution in [3.05, 3.63) is 21.3 Å². The molecule has 2 unspecified atom stereocenters. The first kappa shape index (κ1) is 12.5. The topological polar surface area (TPSA) is 12.0 Å². The second-order valence-corrected chi connectivity index (χ2v) is 5.95. The van der Waals surface area contributed by atoms with Gasteiger partial charge < -0.3 is 5.32 Å². The Hall–Kier alpha value is 0.430. The van der Waals surface area contributed by atoms with Crippen LogP contribution in [0.5, 0.6) is 0 Å². The van der Waals surface area contributed by atoms with Crippen LogP contribution in [0.25, 0.3) is 0 Å². The van der Waals surface area contributed by atoms with E-state index in [1.807, 2.05) is 6.07 Å². The van der Waals surface area contributed by atoms with Crippen LogP contribution in [0.15, 0.2) is 12.1 Å². The third-order valence-electron chi connectivity index (χ3n) is 2.32. The van der Waals surface area contributed by atoms with Crippen LogP contribution in [0.4, 0.5) is 0 Å². The van der Waals surface area contributed by atoms with Gasteiger partial charge >= 0.3 is 0 Å². The summed E-state index contributed by atoms with van der Waals surface area (Å²) < 4.78 is 0.864. The smallest absolute Gasteiger partial charge is 0.0931 e. The van der Waals surface area contributed by atoms with Crippen LogP contribution in [-0.4, -0.2) is 11.4 Å². The van der Waals surface area contributed by atoms with Gasteiger partial charge in [0, 0.05) is 22.8 Å². The molecule has 0 spiro atoms. The molecule has 0 aliphatic rings. The average Bonchev–Trinajstić information content (AvgIpc) is 2.59. The molecule has 1 N–H and O–H groups in total. The van der Waals surface area contributed by atoms with Crippen molar-refractivity contribution in [2.45, 2.75) is 26.4 Å². The number of hydrogen-bond donors (Lipinski definition) is 1. The molecule has 1 rings (SSSR count). The van der Waals surface area contributed by atoms with E-state index in [1.54, 1.807) is 11.3 Å². The van der Waals surface area contributed by atoms with Gasteiger partial charge in [-0.2, -0.15) is 0 Å². The Morgan fingerprint density at radius 3 is 2.71 bits per heavy atom. The second-order valence-electron chi connectivity index (χ2n) is 3.51.